The van der Waals surface area contributed by atoms with E-state index in [2.05, 4.69) is 9.97 Å². The third kappa shape index (κ3) is 2.96. The van der Waals surface area contributed by atoms with Crippen LogP contribution in [0.5, 0.6) is 0 Å². The molecular weight excluding hydrogens is 354 g/mol. The van der Waals surface area contributed by atoms with Gasteiger partial charge in [0.1, 0.15) is 5.69 Å². The molecule has 0 unspecified atom stereocenters. The van der Waals surface area contributed by atoms with Crippen molar-refractivity contribution in [3.8, 4) is 11.4 Å². The molecule has 25 heavy (non-hydrogen) atoms. The Morgan fingerprint density at radius 1 is 1.16 bits per heavy atom. The minimum absolute atomic E-state index is 0.0197. The van der Waals surface area contributed by atoms with Crippen LogP contribution in [0.2, 0.25) is 0 Å². The van der Waals surface area contributed by atoms with Crippen molar-refractivity contribution in [3.63, 3.8) is 0 Å². The lowest BCUT2D eigenvalue weighted by atomic mass is 10.2. The SMILES string of the molecule is O[n+]1cccc(F)c1-c1cc2ncn(CC(F)(F)C(F)(F)F)c2cn1. The molecule has 5 nitrogen and oxygen atoms in total. The van der Waals surface area contributed by atoms with Gasteiger partial charge < -0.3 is 4.57 Å². The van der Waals surface area contributed by atoms with E-state index in [1.807, 2.05) is 0 Å². The van der Waals surface area contributed by atoms with Crippen molar-refractivity contribution in [2.24, 2.45) is 0 Å². The van der Waals surface area contributed by atoms with Gasteiger partial charge in [-0.2, -0.15) is 26.3 Å². The summed E-state index contributed by atoms with van der Waals surface area (Å²) >= 11 is 0. The van der Waals surface area contributed by atoms with Crippen molar-refractivity contribution in [3.05, 3.63) is 42.7 Å². The fraction of sp³-hybridized carbons (Fsp3) is 0.214. The molecule has 0 saturated carbocycles. The third-order valence-electron chi connectivity index (χ3n) is 3.46. The summed E-state index contributed by atoms with van der Waals surface area (Å²) in [5, 5.41) is 9.65. The average molecular weight is 363 g/mol. The number of alkyl halides is 5. The Balaban J connectivity index is 2.03. The Bertz CT molecular complexity index is 916. The molecular formula is C14H9F6N4O+. The molecule has 0 aliphatic carbocycles. The number of rotatable bonds is 3. The molecule has 0 aliphatic rings. The van der Waals surface area contributed by atoms with E-state index in [4.69, 9.17) is 0 Å². The minimum Gasteiger partial charge on any atom is -0.323 e. The van der Waals surface area contributed by atoms with Gasteiger partial charge >= 0.3 is 17.8 Å². The highest BCUT2D eigenvalue weighted by molar-refractivity contribution is 5.78. The van der Waals surface area contributed by atoms with Crippen LogP contribution in [0.1, 0.15) is 0 Å². The predicted octanol–water partition coefficient (Wildman–Crippen LogP) is 2.96. The van der Waals surface area contributed by atoms with Crippen LogP contribution in [0.4, 0.5) is 26.3 Å². The largest absolute Gasteiger partial charge is 0.455 e. The van der Waals surface area contributed by atoms with Gasteiger partial charge in [-0.05, 0) is 12.1 Å². The minimum atomic E-state index is -5.70. The summed E-state index contributed by atoms with van der Waals surface area (Å²) in [6.45, 7) is -1.66. The molecule has 0 saturated heterocycles. The van der Waals surface area contributed by atoms with Crippen molar-refractivity contribution in [1.29, 1.82) is 0 Å². The second-order valence-electron chi connectivity index (χ2n) is 5.18. The Kier molecular flexibility index (Phi) is 3.81. The topological polar surface area (TPSA) is 54.8 Å². The summed E-state index contributed by atoms with van der Waals surface area (Å²) in [6, 6.07) is 3.48. The van der Waals surface area contributed by atoms with Crippen LogP contribution < -0.4 is 4.73 Å². The zero-order chi connectivity index (χ0) is 18.4. The van der Waals surface area contributed by atoms with Crippen LogP contribution in [0, 0.1) is 5.82 Å². The van der Waals surface area contributed by atoms with Gasteiger partial charge in [0.2, 0.25) is 12.0 Å². The number of imidazole rings is 1. The van der Waals surface area contributed by atoms with Gasteiger partial charge in [-0.25, -0.2) is 9.97 Å². The summed E-state index contributed by atoms with van der Waals surface area (Å²) in [5.74, 6) is -5.75. The predicted molar refractivity (Wildman–Crippen MR) is 71.3 cm³/mol. The van der Waals surface area contributed by atoms with Gasteiger partial charge in [-0.15, -0.1) is 0 Å². The Hall–Kier alpha value is -2.85. The van der Waals surface area contributed by atoms with Crippen LogP contribution in [0.25, 0.3) is 22.4 Å². The van der Waals surface area contributed by atoms with Gasteiger partial charge in [0, 0.05) is 10.8 Å². The quantitative estimate of drug-likeness (QED) is 0.442. The van der Waals surface area contributed by atoms with Crippen molar-refractivity contribution in [2.45, 2.75) is 18.6 Å². The molecule has 0 spiro atoms. The summed E-state index contributed by atoms with van der Waals surface area (Å²) < 4.78 is 78.3. The number of nitrogens with zero attached hydrogens (tertiary/aromatic N) is 4. The van der Waals surface area contributed by atoms with Gasteiger partial charge in [-0.1, -0.05) is 0 Å². The van der Waals surface area contributed by atoms with E-state index in [-0.39, 0.29) is 22.4 Å². The maximum Gasteiger partial charge on any atom is 0.455 e. The van der Waals surface area contributed by atoms with Crippen LogP contribution in [-0.4, -0.2) is 31.8 Å². The maximum absolute atomic E-state index is 13.8. The first-order valence-electron chi connectivity index (χ1n) is 6.75. The molecule has 0 radical (unpaired) electrons. The van der Waals surface area contributed by atoms with Crippen LogP contribution in [-0.2, 0) is 6.54 Å². The number of pyridine rings is 2. The van der Waals surface area contributed by atoms with E-state index in [1.165, 1.54) is 12.1 Å². The van der Waals surface area contributed by atoms with Gasteiger partial charge in [-0.3, -0.25) is 5.21 Å². The van der Waals surface area contributed by atoms with E-state index in [0.29, 0.717) is 9.30 Å². The lowest BCUT2D eigenvalue weighted by molar-refractivity contribution is -0.897. The zero-order valence-corrected chi connectivity index (χ0v) is 12.2. The normalized spacial score (nSPS) is 12.7. The fourth-order valence-electron chi connectivity index (χ4n) is 2.23. The molecule has 132 valence electrons. The first kappa shape index (κ1) is 17.0. The average Bonchev–Trinajstić information content (AvgIpc) is 2.88. The summed E-state index contributed by atoms with van der Waals surface area (Å²) in [6.07, 6.45) is -2.76. The summed E-state index contributed by atoms with van der Waals surface area (Å²) in [7, 11) is 0. The molecule has 3 aromatic rings. The molecule has 3 heterocycles. The lowest BCUT2D eigenvalue weighted by Crippen LogP contribution is -2.40. The molecule has 11 heteroatoms. The Morgan fingerprint density at radius 2 is 1.88 bits per heavy atom. The number of fused-ring (bicyclic) bond motifs is 1. The molecule has 3 rings (SSSR count). The molecule has 0 amide bonds. The molecule has 0 aliphatic heterocycles. The molecule has 3 aromatic heterocycles. The zero-order valence-electron chi connectivity index (χ0n) is 12.2. The fourth-order valence-corrected chi connectivity index (χ4v) is 2.23. The monoisotopic (exact) mass is 363 g/mol. The van der Waals surface area contributed by atoms with Gasteiger partial charge in [0.25, 0.3) is 0 Å². The summed E-state index contributed by atoms with van der Waals surface area (Å²) in [4.78, 5) is 7.56. The van der Waals surface area contributed by atoms with E-state index in [0.717, 1.165) is 24.8 Å². The number of hydrogen-bond donors (Lipinski definition) is 1. The molecule has 0 aromatic carbocycles. The molecule has 0 atom stereocenters. The number of hydrogen-bond acceptors (Lipinski definition) is 3. The van der Waals surface area contributed by atoms with Gasteiger partial charge in [0.05, 0.1) is 30.1 Å². The highest BCUT2D eigenvalue weighted by Crippen LogP contribution is 2.37. The highest BCUT2D eigenvalue weighted by atomic mass is 19.4. The Morgan fingerprint density at radius 3 is 2.52 bits per heavy atom. The van der Waals surface area contributed by atoms with Crippen LogP contribution in [0.3, 0.4) is 0 Å². The standard InChI is InChI=1S/C14H9F6N4O/c15-8-2-1-3-24(25)12(8)10-4-9-11(5-21-10)23(7-22-9)6-13(16,17)14(18,19)20/h1-5,7,25H,6H2/q+1. The van der Waals surface area contributed by atoms with E-state index >= 15 is 0 Å². The molecule has 0 bridgehead atoms. The van der Waals surface area contributed by atoms with E-state index in [9.17, 15) is 31.5 Å². The second kappa shape index (κ2) is 5.60. The first-order chi connectivity index (χ1) is 11.6. The second-order valence-corrected chi connectivity index (χ2v) is 5.18. The van der Waals surface area contributed by atoms with Crippen LogP contribution in [0.15, 0.2) is 36.9 Å². The third-order valence-corrected chi connectivity index (χ3v) is 3.46. The Labute approximate surface area is 135 Å². The van der Waals surface area contributed by atoms with E-state index < -0.39 is 24.5 Å². The number of halogens is 6. The summed E-state index contributed by atoms with van der Waals surface area (Å²) in [5.41, 5.74) is -0.444. The van der Waals surface area contributed by atoms with E-state index in [1.54, 1.807) is 0 Å². The highest BCUT2D eigenvalue weighted by Gasteiger charge is 2.57. The molecule has 1 N–H and O–H groups in total. The van der Waals surface area contributed by atoms with Crippen molar-refractivity contribution in [2.75, 3.05) is 0 Å². The van der Waals surface area contributed by atoms with Gasteiger partial charge in [0.15, 0.2) is 0 Å². The lowest BCUT2D eigenvalue weighted by Gasteiger charge is -2.20. The smallest absolute Gasteiger partial charge is 0.323 e. The van der Waals surface area contributed by atoms with Crippen molar-refractivity contribution in [1.82, 2.24) is 14.5 Å². The van der Waals surface area contributed by atoms with Crippen LogP contribution >= 0.6 is 0 Å². The number of aromatic nitrogens is 4. The maximum atomic E-state index is 13.8. The molecule has 0 fully saturated rings. The first-order valence-corrected chi connectivity index (χ1v) is 6.75. The van der Waals surface area contributed by atoms with Crippen molar-refractivity contribution >= 4 is 11.0 Å². The van der Waals surface area contributed by atoms with Crippen molar-refractivity contribution < 1.29 is 36.3 Å².